The minimum Gasteiger partial charge on any atom is 1.00 e. The van der Waals surface area contributed by atoms with E-state index in [1.807, 2.05) is 0 Å². The summed E-state index contributed by atoms with van der Waals surface area (Å²) in [4.78, 5) is 0. The number of allylic oxidation sites excluding steroid dienone is 1. The van der Waals surface area contributed by atoms with E-state index in [-0.39, 0.29) is 17.1 Å². The molecule has 0 N–H and O–H groups in total. The first-order valence-electron chi connectivity index (χ1n) is 7.14. The van der Waals surface area contributed by atoms with Crippen LogP contribution in [0.5, 0.6) is 0 Å². The molecule has 0 aromatic heterocycles. The molecule has 0 saturated heterocycles. The average molecular weight is 394 g/mol. The van der Waals surface area contributed by atoms with Gasteiger partial charge in [-0.3, -0.25) is 0 Å². The van der Waals surface area contributed by atoms with Crippen LogP contribution in [0.3, 0.4) is 0 Å². The predicted molar refractivity (Wildman–Crippen MR) is 79.4 cm³/mol. The fraction of sp³-hybridized carbons (Fsp3) is 0.800. The van der Waals surface area contributed by atoms with Crippen molar-refractivity contribution in [2.24, 2.45) is 0 Å². The topological polar surface area (TPSA) is 0 Å². The van der Waals surface area contributed by atoms with Crippen LogP contribution < -0.4 is 0 Å². The fourth-order valence-corrected chi connectivity index (χ4v) is 16.4. The molecule has 0 saturated carbocycles. The van der Waals surface area contributed by atoms with E-state index in [2.05, 4.69) is 34.3 Å². The SMILES string of the molecule is C=[C]([CH2-])[Sn]([CH2]CCC)([CH2]CCC)[CH2]CCC.[Cu+]. The van der Waals surface area contributed by atoms with Crippen molar-refractivity contribution in [3.8, 4) is 0 Å². The number of hydrogen-bond donors (Lipinski definition) is 0. The summed E-state index contributed by atoms with van der Waals surface area (Å²) in [5, 5.41) is 0. The Morgan fingerprint density at radius 1 is 0.882 bits per heavy atom. The van der Waals surface area contributed by atoms with E-state index < -0.39 is 18.4 Å². The molecule has 0 nitrogen and oxygen atoms in total. The molecule has 0 fully saturated rings. The average Bonchev–Trinajstić information content (AvgIpc) is 2.28. The van der Waals surface area contributed by atoms with Crippen molar-refractivity contribution in [2.45, 2.75) is 72.6 Å². The Balaban J connectivity index is 0. The van der Waals surface area contributed by atoms with Crippen LogP contribution in [-0.2, 0) is 17.1 Å². The van der Waals surface area contributed by atoms with Gasteiger partial charge in [-0.1, -0.05) is 0 Å². The zero-order valence-corrected chi connectivity index (χ0v) is 15.9. The second-order valence-corrected chi connectivity index (χ2v) is 18.8. The van der Waals surface area contributed by atoms with E-state index in [9.17, 15) is 0 Å². The van der Waals surface area contributed by atoms with E-state index in [0.29, 0.717) is 0 Å². The molecule has 0 aliphatic rings. The minimum atomic E-state index is -2.06. The summed E-state index contributed by atoms with van der Waals surface area (Å²) in [6, 6.07) is 0. The van der Waals surface area contributed by atoms with Crippen LogP contribution in [0.25, 0.3) is 0 Å². The molecule has 0 aliphatic carbocycles. The smallest absolute Gasteiger partial charge is 1.00 e. The minimum absolute atomic E-state index is 0. The Morgan fingerprint density at radius 2 is 1.18 bits per heavy atom. The molecule has 0 rings (SSSR count). The number of unbranched alkanes of at least 4 members (excludes halogenated alkanes) is 3. The summed E-state index contributed by atoms with van der Waals surface area (Å²) >= 11 is -2.06. The maximum absolute atomic E-state index is 4.27. The molecule has 0 unspecified atom stereocenters. The van der Waals surface area contributed by atoms with Gasteiger partial charge in [-0.25, -0.2) is 0 Å². The van der Waals surface area contributed by atoms with Gasteiger partial charge in [-0.15, -0.1) is 0 Å². The van der Waals surface area contributed by atoms with Crippen LogP contribution in [0, 0.1) is 6.92 Å². The van der Waals surface area contributed by atoms with Gasteiger partial charge in [0.05, 0.1) is 0 Å². The molecule has 0 atom stereocenters. The van der Waals surface area contributed by atoms with Gasteiger partial charge < -0.3 is 0 Å². The van der Waals surface area contributed by atoms with Crippen molar-refractivity contribution in [3.63, 3.8) is 0 Å². The quantitative estimate of drug-likeness (QED) is 0.327. The summed E-state index contributed by atoms with van der Waals surface area (Å²) in [6.07, 6.45) is 8.26. The molecule has 2 heteroatoms. The molecular weight excluding hydrogens is 362 g/mol. The molecule has 0 bridgehead atoms. The maximum atomic E-state index is 4.27. The van der Waals surface area contributed by atoms with Gasteiger partial charge in [0, 0.05) is 0 Å². The summed E-state index contributed by atoms with van der Waals surface area (Å²) in [5.74, 6) is 0. The van der Waals surface area contributed by atoms with Crippen molar-refractivity contribution in [2.75, 3.05) is 0 Å². The Morgan fingerprint density at radius 3 is 1.35 bits per heavy atom. The molecule has 17 heavy (non-hydrogen) atoms. The Hall–Kier alpha value is 0.928. The van der Waals surface area contributed by atoms with Crippen molar-refractivity contribution in [3.05, 3.63) is 17.1 Å². The molecule has 0 aliphatic heterocycles. The number of hydrogen-bond acceptors (Lipinski definition) is 0. The van der Waals surface area contributed by atoms with Crippen LogP contribution in [0.1, 0.15) is 59.3 Å². The fourth-order valence-electron chi connectivity index (χ4n) is 2.45. The van der Waals surface area contributed by atoms with E-state index in [0.717, 1.165) is 0 Å². The summed E-state index contributed by atoms with van der Waals surface area (Å²) < 4.78 is 5.92. The van der Waals surface area contributed by atoms with Gasteiger partial charge >= 0.3 is 125 Å². The van der Waals surface area contributed by atoms with Crippen molar-refractivity contribution in [1.82, 2.24) is 0 Å². The van der Waals surface area contributed by atoms with Crippen LogP contribution in [-0.4, -0.2) is 18.4 Å². The first-order chi connectivity index (χ1) is 7.63. The monoisotopic (exact) mass is 394 g/mol. The van der Waals surface area contributed by atoms with Gasteiger partial charge in [0.2, 0.25) is 0 Å². The molecule has 0 aromatic carbocycles. The first-order valence-corrected chi connectivity index (χ1v) is 14.6. The summed E-state index contributed by atoms with van der Waals surface area (Å²) in [6.45, 7) is 15.5. The molecule has 0 radical (unpaired) electrons. The van der Waals surface area contributed by atoms with E-state index in [1.165, 1.54) is 55.4 Å². The third kappa shape index (κ3) is 7.85. The van der Waals surface area contributed by atoms with E-state index >= 15 is 0 Å². The third-order valence-electron chi connectivity index (χ3n) is 3.78. The Kier molecular flexibility index (Phi) is 14.3. The van der Waals surface area contributed by atoms with Crippen LogP contribution >= 0.6 is 0 Å². The number of rotatable bonds is 10. The van der Waals surface area contributed by atoms with Gasteiger partial charge in [0.15, 0.2) is 0 Å². The molecule has 0 heterocycles. The molecule has 0 spiro atoms. The zero-order chi connectivity index (χ0) is 12.4. The Bertz CT molecular complexity index is 168. The summed E-state index contributed by atoms with van der Waals surface area (Å²) in [5.41, 5.74) is 0. The molecule has 0 amide bonds. The second kappa shape index (κ2) is 12.0. The van der Waals surface area contributed by atoms with E-state index in [1.54, 1.807) is 0 Å². The van der Waals surface area contributed by atoms with Crippen molar-refractivity contribution < 1.29 is 17.1 Å². The largest absolute Gasteiger partial charge is 1.00 e. The second-order valence-electron chi connectivity index (χ2n) is 5.19. The summed E-state index contributed by atoms with van der Waals surface area (Å²) in [7, 11) is 0. The molecule has 0 aromatic rings. The van der Waals surface area contributed by atoms with Gasteiger partial charge in [-0.2, -0.15) is 0 Å². The van der Waals surface area contributed by atoms with Gasteiger partial charge in [-0.05, 0) is 0 Å². The zero-order valence-electron chi connectivity index (χ0n) is 12.1. The predicted octanol–water partition coefficient (Wildman–Crippen LogP) is 5.76. The van der Waals surface area contributed by atoms with Crippen molar-refractivity contribution >= 4 is 18.4 Å². The van der Waals surface area contributed by atoms with Crippen LogP contribution in [0.4, 0.5) is 0 Å². The first kappa shape index (κ1) is 20.2. The van der Waals surface area contributed by atoms with Crippen LogP contribution in [0.15, 0.2) is 10.2 Å². The standard InChI is InChI=1S/3C4H9.C3H4.Cu.Sn/c3*1-3-4-2;1-3-2;;/h3*1,3-4H2,2H3;1-2H2;;/q;;;-1;+1;. The van der Waals surface area contributed by atoms with Gasteiger partial charge in [0.1, 0.15) is 0 Å². The van der Waals surface area contributed by atoms with E-state index in [4.69, 9.17) is 0 Å². The molecular formula is C15H31CuSn. The molecule has 106 valence electrons. The maximum Gasteiger partial charge on any atom is 1.00 e. The normalized spacial score (nSPS) is 11.0. The third-order valence-corrected chi connectivity index (χ3v) is 19.3. The van der Waals surface area contributed by atoms with Crippen molar-refractivity contribution in [1.29, 1.82) is 0 Å². The Labute approximate surface area is 124 Å². The van der Waals surface area contributed by atoms with Crippen LogP contribution in [0.2, 0.25) is 13.3 Å². The van der Waals surface area contributed by atoms with Gasteiger partial charge in [0.25, 0.3) is 0 Å².